The van der Waals surface area contributed by atoms with Gasteiger partial charge >= 0.3 is 0 Å². The summed E-state index contributed by atoms with van der Waals surface area (Å²) in [6, 6.07) is 2.16. The molecule has 9 heteroatoms. The number of ether oxygens (including phenoxy) is 1. The Bertz CT molecular complexity index is 714. The summed E-state index contributed by atoms with van der Waals surface area (Å²) in [6.07, 6.45) is 3.68. The topological polar surface area (TPSA) is 130 Å². The maximum Gasteiger partial charge on any atom is 0.219 e. The Labute approximate surface area is 133 Å². The SMILES string of the molecule is Cc1cc(C2(N)N=C(N)N=C3C2=CNN3C2CCOCC2)n[nH]1. The van der Waals surface area contributed by atoms with E-state index in [9.17, 15) is 0 Å². The van der Waals surface area contributed by atoms with Crippen molar-refractivity contribution >= 4 is 11.8 Å². The van der Waals surface area contributed by atoms with Gasteiger partial charge in [-0.2, -0.15) is 10.1 Å². The second-order valence-corrected chi connectivity index (χ2v) is 6.01. The molecule has 4 heterocycles. The van der Waals surface area contributed by atoms with Gasteiger partial charge in [-0.05, 0) is 25.8 Å². The molecule has 0 aromatic carbocycles. The lowest BCUT2D eigenvalue weighted by atomic mass is 9.95. The first-order chi connectivity index (χ1) is 11.1. The highest BCUT2D eigenvalue weighted by atomic mass is 16.5. The number of aryl methyl sites for hydroxylation is 1. The standard InChI is InChI=1S/C14H20N8O/c1-8-6-11(21-20-8)14(16)10-7-17-22(9-2-4-23-5-3-9)12(10)18-13(15)19-14/h6-7,9,17H,2-5,16H2,1H3,(H2,15,19)(H,20,21). The summed E-state index contributed by atoms with van der Waals surface area (Å²) in [7, 11) is 0. The molecule has 9 nitrogen and oxygen atoms in total. The molecule has 0 bridgehead atoms. The number of hydrazine groups is 1. The quantitative estimate of drug-likeness (QED) is 0.578. The van der Waals surface area contributed by atoms with Crippen molar-refractivity contribution in [2.45, 2.75) is 31.5 Å². The Morgan fingerprint density at radius 3 is 2.87 bits per heavy atom. The minimum absolute atomic E-state index is 0.154. The molecule has 23 heavy (non-hydrogen) atoms. The number of guanidine groups is 1. The van der Waals surface area contributed by atoms with Gasteiger partial charge in [0.1, 0.15) is 5.69 Å². The van der Waals surface area contributed by atoms with Crippen molar-refractivity contribution in [2.75, 3.05) is 13.2 Å². The van der Waals surface area contributed by atoms with Gasteiger partial charge in [-0.25, -0.2) is 4.99 Å². The van der Waals surface area contributed by atoms with Crippen LogP contribution in [0.3, 0.4) is 0 Å². The minimum atomic E-state index is -1.14. The number of aliphatic imine (C=N–C) groups is 2. The summed E-state index contributed by atoms with van der Waals surface area (Å²) in [5.74, 6) is 0.869. The van der Waals surface area contributed by atoms with Crippen LogP contribution in [-0.4, -0.2) is 46.3 Å². The van der Waals surface area contributed by atoms with Crippen molar-refractivity contribution in [3.8, 4) is 0 Å². The summed E-state index contributed by atoms with van der Waals surface area (Å²) in [6.45, 7) is 3.39. The molecule has 1 saturated heterocycles. The molecule has 0 saturated carbocycles. The lowest BCUT2D eigenvalue weighted by Gasteiger charge is -2.35. The molecule has 0 radical (unpaired) electrons. The Kier molecular flexibility index (Phi) is 3.13. The third-order valence-electron chi connectivity index (χ3n) is 4.39. The monoisotopic (exact) mass is 316 g/mol. The molecule has 4 rings (SSSR count). The number of aromatic nitrogens is 2. The highest BCUT2D eigenvalue weighted by molar-refractivity contribution is 6.10. The molecule has 3 aliphatic rings. The third kappa shape index (κ3) is 2.20. The fourth-order valence-corrected chi connectivity index (χ4v) is 3.19. The Morgan fingerprint density at radius 1 is 1.39 bits per heavy atom. The maximum atomic E-state index is 6.57. The number of hydrogen-bond donors (Lipinski definition) is 4. The number of hydrogen-bond acceptors (Lipinski definition) is 8. The molecule has 1 unspecified atom stereocenters. The number of H-pyrrole nitrogens is 1. The first kappa shape index (κ1) is 14.2. The number of nitrogens with two attached hydrogens (primary N) is 2. The van der Waals surface area contributed by atoms with Crippen LogP contribution >= 0.6 is 0 Å². The minimum Gasteiger partial charge on any atom is -0.381 e. The van der Waals surface area contributed by atoms with Gasteiger partial charge in [0.05, 0.1) is 11.6 Å². The zero-order valence-electron chi connectivity index (χ0n) is 12.9. The highest BCUT2D eigenvalue weighted by Crippen LogP contribution is 2.35. The van der Waals surface area contributed by atoms with E-state index in [0.717, 1.165) is 37.3 Å². The van der Waals surface area contributed by atoms with Crippen molar-refractivity contribution in [3.05, 3.63) is 29.2 Å². The first-order valence-corrected chi connectivity index (χ1v) is 7.67. The number of amidine groups is 1. The van der Waals surface area contributed by atoms with Crippen LogP contribution in [0.5, 0.6) is 0 Å². The number of rotatable bonds is 2. The predicted molar refractivity (Wildman–Crippen MR) is 85.1 cm³/mol. The van der Waals surface area contributed by atoms with Gasteiger partial charge in [0, 0.05) is 25.1 Å². The molecule has 3 aliphatic heterocycles. The van der Waals surface area contributed by atoms with E-state index in [1.807, 2.05) is 24.2 Å². The smallest absolute Gasteiger partial charge is 0.219 e. The number of fused-ring (bicyclic) bond motifs is 1. The molecule has 0 amide bonds. The predicted octanol–water partition coefficient (Wildman–Crippen LogP) is -0.560. The van der Waals surface area contributed by atoms with Gasteiger partial charge in [-0.15, -0.1) is 0 Å². The summed E-state index contributed by atoms with van der Waals surface area (Å²) in [5.41, 5.74) is 16.9. The van der Waals surface area contributed by atoms with E-state index >= 15 is 0 Å². The zero-order chi connectivity index (χ0) is 16.0. The number of aromatic amines is 1. The van der Waals surface area contributed by atoms with E-state index in [2.05, 4.69) is 25.6 Å². The molecule has 1 aromatic rings. The summed E-state index contributed by atoms with van der Waals surface area (Å²) in [5, 5.41) is 9.19. The molecule has 6 N–H and O–H groups in total. The lowest BCUT2D eigenvalue weighted by molar-refractivity contribution is 0.0488. The van der Waals surface area contributed by atoms with Crippen LogP contribution in [0.25, 0.3) is 0 Å². The maximum absolute atomic E-state index is 6.57. The van der Waals surface area contributed by atoms with Gasteiger partial charge < -0.3 is 15.9 Å². The lowest BCUT2D eigenvalue weighted by Crippen LogP contribution is -2.51. The molecule has 122 valence electrons. The van der Waals surface area contributed by atoms with Crippen molar-refractivity contribution in [1.29, 1.82) is 0 Å². The van der Waals surface area contributed by atoms with E-state index in [1.165, 1.54) is 0 Å². The van der Waals surface area contributed by atoms with Crippen molar-refractivity contribution in [2.24, 2.45) is 21.5 Å². The molecule has 0 aliphatic carbocycles. The molecule has 1 aromatic heterocycles. The summed E-state index contributed by atoms with van der Waals surface area (Å²) >= 11 is 0. The average Bonchev–Trinajstić information content (AvgIpc) is 3.15. The highest BCUT2D eigenvalue weighted by Gasteiger charge is 2.45. The first-order valence-electron chi connectivity index (χ1n) is 7.67. The van der Waals surface area contributed by atoms with Crippen molar-refractivity contribution < 1.29 is 4.74 Å². The molecule has 1 fully saturated rings. The molecule has 0 spiro atoms. The number of nitrogens with one attached hydrogen (secondary N) is 2. The molecular formula is C14H20N8O. The normalized spacial score (nSPS) is 27.9. The Morgan fingerprint density at radius 2 is 2.17 bits per heavy atom. The van der Waals surface area contributed by atoms with E-state index in [-0.39, 0.29) is 12.0 Å². The fraction of sp³-hybridized carbons (Fsp3) is 0.500. The van der Waals surface area contributed by atoms with E-state index in [1.54, 1.807) is 0 Å². The third-order valence-corrected chi connectivity index (χ3v) is 4.39. The van der Waals surface area contributed by atoms with Crippen molar-refractivity contribution in [3.63, 3.8) is 0 Å². The Balaban J connectivity index is 1.70. The van der Waals surface area contributed by atoms with E-state index in [4.69, 9.17) is 16.2 Å². The van der Waals surface area contributed by atoms with Crippen LogP contribution in [0.2, 0.25) is 0 Å². The average molecular weight is 316 g/mol. The van der Waals surface area contributed by atoms with Gasteiger partial charge in [-0.3, -0.25) is 15.8 Å². The van der Waals surface area contributed by atoms with Crippen LogP contribution in [0.4, 0.5) is 0 Å². The van der Waals surface area contributed by atoms with Crippen LogP contribution in [0.1, 0.15) is 24.2 Å². The fourth-order valence-electron chi connectivity index (χ4n) is 3.19. The second kappa shape index (κ2) is 5.07. The van der Waals surface area contributed by atoms with Gasteiger partial charge in [-0.1, -0.05) is 0 Å². The molecule has 1 atom stereocenters. The van der Waals surface area contributed by atoms with Crippen LogP contribution in [0.15, 0.2) is 27.8 Å². The Hall–Kier alpha value is -2.39. The van der Waals surface area contributed by atoms with Crippen LogP contribution in [0, 0.1) is 6.92 Å². The van der Waals surface area contributed by atoms with Crippen molar-refractivity contribution in [1.82, 2.24) is 20.6 Å². The second-order valence-electron chi connectivity index (χ2n) is 6.01. The number of nitrogens with zero attached hydrogens (tertiary/aromatic N) is 4. The van der Waals surface area contributed by atoms with Gasteiger partial charge in [0.15, 0.2) is 11.5 Å². The van der Waals surface area contributed by atoms with E-state index in [0.29, 0.717) is 11.5 Å². The summed E-state index contributed by atoms with van der Waals surface area (Å²) < 4.78 is 5.43. The van der Waals surface area contributed by atoms with Crippen LogP contribution in [-0.2, 0) is 10.4 Å². The largest absolute Gasteiger partial charge is 0.381 e. The van der Waals surface area contributed by atoms with Gasteiger partial charge in [0.25, 0.3) is 0 Å². The van der Waals surface area contributed by atoms with Crippen LogP contribution < -0.4 is 16.9 Å². The van der Waals surface area contributed by atoms with E-state index < -0.39 is 5.66 Å². The van der Waals surface area contributed by atoms with Gasteiger partial charge in [0.2, 0.25) is 5.96 Å². The molecular weight excluding hydrogens is 296 g/mol. The summed E-state index contributed by atoms with van der Waals surface area (Å²) in [4.78, 5) is 8.77. The zero-order valence-corrected chi connectivity index (χ0v) is 12.9.